The molecule has 0 fully saturated rings. The normalized spacial score (nSPS) is 10.0. The Morgan fingerprint density at radius 3 is 2.53 bits per heavy atom. The molecule has 2 rings (SSSR count). The fraction of sp³-hybridized carbons (Fsp3) is 0.143. The third kappa shape index (κ3) is 3.42. The van der Waals surface area contributed by atoms with E-state index in [0.717, 1.165) is 11.1 Å². The van der Waals surface area contributed by atoms with Crippen molar-refractivity contribution in [3.8, 4) is 0 Å². The van der Waals surface area contributed by atoms with Gasteiger partial charge in [-0.15, -0.1) is 11.3 Å². The molecule has 1 heterocycles. The molecule has 2 aromatic rings. The Hall–Kier alpha value is -2.14. The maximum absolute atomic E-state index is 11.7. The lowest BCUT2D eigenvalue weighted by atomic mass is 10.1. The molecule has 0 radical (unpaired) electrons. The van der Waals surface area contributed by atoms with Crippen molar-refractivity contribution in [3.63, 3.8) is 0 Å². The second-order valence-corrected chi connectivity index (χ2v) is 5.13. The van der Waals surface area contributed by atoms with Crippen molar-refractivity contribution in [2.24, 2.45) is 0 Å². The highest BCUT2D eigenvalue weighted by Gasteiger charge is 2.11. The van der Waals surface area contributed by atoms with Crippen molar-refractivity contribution in [1.82, 2.24) is 5.32 Å². The van der Waals surface area contributed by atoms with Crippen molar-refractivity contribution >= 4 is 29.0 Å². The lowest BCUT2D eigenvalue weighted by molar-refractivity contribution is 0.0971. The van der Waals surface area contributed by atoms with Gasteiger partial charge in [-0.25, -0.2) is 4.79 Å². The van der Waals surface area contributed by atoms with E-state index < -0.39 is 11.9 Å². The first-order valence-electron chi connectivity index (χ1n) is 5.79. The fourth-order valence-electron chi connectivity index (χ4n) is 1.55. The molecular formula is C14H14N2O2S. The van der Waals surface area contributed by atoms with Gasteiger partial charge >= 0.3 is 6.03 Å². The second kappa shape index (κ2) is 5.67. The summed E-state index contributed by atoms with van der Waals surface area (Å²) < 4.78 is 0. The molecule has 0 aliphatic rings. The maximum atomic E-state index is 11.7. The van der Waals surface area contributed by atoms with Crippen LogP contribution >= 0.6 is 11.3 Å². The van der Waals surface area contributed by atoms with Crippen LogP contribution in [0.25, 0.3) is 0 Å². The molecule has 2 N–H and O–H groups in total. The molecule has 0 saturated heterocycles. The zero-order valence-corrected chi connectivity index (χ0v) is 11.5. The molecule has 0 saturated carbocycles. The summed E-state index contributed by atoms with van der Waals surface area (Å²) in [6.45, 7) is 3.97. The average molecular weight is 274 g/mol. The van der Waals surface area contributed by atoms with Gasteiger partial charge in [0, 0.05) is 5.69 Å². The van der Waals surface area contributed by atoms with E-state index in [1.807, 2.05) is 26.0 Å². The molecule has 3 amide bonds. The van der Waals surface area contributed by atoms with Crippen molar-refractivity contribution in [1.29, 1.82) is 0 Å². The van der Waals surface area contributed by atoms with E-state index in [4.69, 9.17) is 0 Å². The number of carbonyl (C=O) groups is 2. The molecular weight excluding hydrogens is 260 g/mol. The van der Waals surface area contributed by atoms with Crippen LogP contribution in [0.15, 0.2) is 35.7 Å². The monoisotopic (exact) mass is 274 g/mol. The Morgan fingerprint density at radius 2 is 1.89 bits per heavy atom. The molecule has 5 heteroatoms. The minimum Gasteiger partial charge on any atom is -0.308 e. The Morgan fingerprint density at radius 1 is 1.11 bits per heavy atom. The number of aryl methyl sites for hydroxylation is 2. The van der Waals surface area contributed by atoms with E-state index in [1.165, 1.54) is 11.3 Å². The summed E-state index contributed by atoms with van der Waals surface area (Å²) in [6.07, 6.45) is 0. The minimum atomic E-state index is -0.526. The zero-order valence-electron chi connectivity index (χ0n) is 10.7. The van der Waals surface area contributed by atoms with Gasteiger partial charge in [0.05, 0.1) is 4.88 Å². The highest BCUT2D eigenvalue weighted by molar-refractivity contribution is 7.12. The van der Waals surface area contributed by atoms with E-state index in [0.29, 0.717) is 10.6 Å². The summed E-state index contributed by atoms with van der Waals surface area (Å²) in [4.78, 5) is 23.9. The number of hydrogen-bond donors (Lipinski definition) is 2. The van der Waals surface area contributed by atoms with Crippen LogP contribution in [-0.4, -0.2) is 11.9 Å². The summed E-state index contributed by atoms with van der Waals surface area (Å²) in [7, 11) is 0. The third-order valence-corrected chi connectivity index (χ3v) is 3.61. The first kappa shape index (κ1) is 13.3. The van der Waals surface area contributed by atoms with Crippen LogP contribution in [0.2, 0.25) is 0 Å². The van der Waals surface area contributed by atoms with E-state index >= 15 is 0 Å². The van der Waals surface area contributed by atoms with Crippen LogP contribution < -0.4 is 10.6 Å². The lowest BCUT2D eigenvalue weighted by Gasteiger charge is -2.08. The van der Waals surface area contributed by atoms with Gasteiger partial charge < -0.3 is 5.32 Å². The quantitative estimate of drug-likeness (QED) is 0.882. The van der Waals surface area contributed by atoms with E-state index in [2.05, 4.69) is 10.6 Å². The second-order valence-electron chi connectivity index (χ2n) is 4.18. The van der Waals surface area contributed by atoms with Crippen LogP contribution in [-0.2, 0) is 0 Å². The molecule has 0 atom stereocenters. The third-order valence-electron chi connectivity index (χ3n) is 2.74. The van der Waals surface area contributed by atoms with Crippen molar-refractivity contribution in [2.45, 2.75) is 13.8 Å². The number of thiophene rings is 1. The van der Waals surface area contributed by atoms with E-state index in [9.17, 15) is 9.59 Å². The van der Waals surface area contributed by atoms with Crippen molar-refractivity contribution in [3.05, 3.63) is 51.7 Å². The zero-order chi connectivity index (χ0) is 13.8. The summed E-state index contributed by atoms with van der Waals surface area (Å²) in [5, 5.41) is 6.71. The van der Waals surface area contributed by atoms with Crippen LogP contribution in [0.1, 0.15) is 20.8 Å². The first-order chi connectivity index (χ1) is 9.06. The molecule has 98 valence electrons. The number of urea groups is 1. The molecule has 0 aliphatic carbocycles. The van der Waals surface area contributed by atoms with Crippen LogP contribution in [0, 0.1) is 13.8 Å². The van der Waals surface area contributed by atoms with Crippen molar-refractivity contribution < 1.29 is 9.59 Å². The van der Waals surface area contributed by atoms with Gasteiger partial charge in [-0.1, -0.05) is 12.1 Å². The molecule has 0 spiro atoms. The molecule has 1 aromatic carbocycles. The number of rotatable bonds is 2. The van der Waals surface area contributed by atoms with Gasteiger partial charge in [0.1, 0.15) is 0 Å². The Labute approximate surface area is 115 Å². The number of nitrogens with one attached hydrogen (secondary N) is 2. The summed E-state index contributed by atoms with van der Waals surface area (Å²) in [5.41, 5.74) is 2.91. The summed E-state index contributed by atoms with van der Waals surface area (Å²) >= 11 is 1.29. The predicted octanol–water partition coefficient (Wildman–Crippen LogP) is 3.33. The highest BCUT2D eigenvalue weighted by Crippen LogP contribution is 2.14. The standard InChI is InChI=1S/C14H14N2O2S/c1-9-5-6-11(8-10(9)2)15-14(18)16-13(17)12-4-3-7-19-12/h3-8H,1-2H3,(H2,15,16,17,18). The Balaban J connectivity index is 1.98. The number of imide groups is 1. The summed E-state index contributed by atoms with van der Waals surface area (Å²) in [6, 6.07) is 8.50. The van der Waals surface area contributed by atoms with Gasteiger partial charge in [-0.2, -0.15) is 0 Å². The van der Waals surface area contributed by atoms with Crippen LogP contribution in [0.3, 0.4) is 0 Å². The van der Waals surface area contributed by atoms with Crippen LogP contribution in [0.5, 0.6) is 0 Å². The summed E-state index contributed by atoms with van der Waals surface area (Å²) in [5.74, 6) is -0.392. The van der Waals surface area contributed by atoms with E-state index in [1.54, 1.807) is 23.6 Å². The maximum Gasteiger partial charge on any atom is 0.326 e. The van der Waals surface area contributed by atoms with Gasteiger partial charge in [0.15, 0.2) is 0 Å². The fourth-order valence-corrected chi connectivity index (χ4v) is 2.17. The number of carbonyl (C=O) groups excluding carboxylic acids is 2. The topological polar surface area (TPSA) is 58.2 Å². The molecule has 0 bridgehead atoms. The minimum absolute atomic E-state index is 0.392. The molecule has 1 aromatic heterocycles. The largest absolute Gasteiger partial charge is 0.326 e. The Bertz CT molecular complexity index is 606. The Kier molecular flexibility index (Phi) is 3.97. The van der Waals surface area contributed by atoms with Gasteiger partial charge in [-0.05, 0) is 48.6 Å². The van der Waals surface area contributed by atoms with Crippen LogP contribution in [0.4, 0.5) is 10.5 Å². The van der Waals surface area contributed by atoms with Crippen molar-refractivity contribution in [2.75, 3.05) is 5.32 Å². The molecule has 0 aliphatic heterocycles. The predicted molar refractivity (Wildman–Crippen MR) is 76.7 cm³/mol. The molecule has 19 heavy (non-hydrogen) atoms. The first-order valence-corrected chi connectivity index (χ1v) is 6.67. The molecule has 4 nitrogen and oxygen atoms in total. The SMILES string of the molecule is Cc1ccc(NC(=O)NC(=O)c2cccs2)cc1C. The van der Waals surface area contributed by atoms with Gasteiger partial charge in [0.2, 0.25) is 0 Å². The molecule has 0 unspecified atom stereocenters. The number of hydrogen-bond acceptors (Lipinski definition) is 3. The smallest absolute Gasteiger partial charge is 0.308 e. The highest BCUT2D eigenvalue weighted by atomic mass is 32.1. The lowest BCUT2D eigenvalue weighted by Crippen LogP contribution is -2.33. The van der Waals surface area contributed by atoms with Gasteiger partial charge in [0.25, 0.3) is 5.91 Å². The average Bonchev–Trinajstić information content (AvgIpc) is 2.87. The van der Waals surface area contributed by atoms with E-state index in [-0.39, 0.29) is 0 Å². The van der Waals surface area contributed by atoms with Gasteiger partial charge in [-0.3, -0.25) is 10.1 Å². The number of benzene rings is 1. The number of amides is 3. The number of anilines is 1.